The summed E-state index contributed by atoms with van der Waals surface area (Å²) in [4.78, 5) is 12.9. The van der Waals surface area contributed by atoms with Gasteiger partial charge in [0.2, 0.25) is 0 Å². The summed E-state index contributed by atoms with van der Waals surface area (Å²) >= 11 is 6.53. The van der Waals surface area contributed by atoms with E-state index in [4.69, 9.17) is 11.6 Å². The molecular weight excluding hydrogens is 473 g/mol. The molecule has 0 unspecified atom stereocenters. The Morgan fingerprint density at radius 1 is 1.03 bits per heavy atom. The number of nitrogens with zero attached hydrogens (tertiary/aromatic N) is 3. The lowest BCUT2D eigenvalue weighted by atomic mass is 10.0. The fourth-order valence-electron chi connectivity index (χ4n) is 5.00. The van der Waals surface area contributed by atoms with Crippen LogP contribution in [-0.2, 0) is 0 Å². The van der Waals surface area contributed by atoms with E-state index in [0.717, 1.165) is 51.8 Å². The Morgan fingerprint density at radius 2 is 1.77 bits per heavy atom. The highest BCUT2D eigenvalue weighted by molar-refractivity contribution is 7.64. The Balaban J connectivity index is 1.39. The quantitative estimate of drug-likeness (QED) is 0.293. The largest absolute Gasteiger partial charge is 0.371 e. The number of pyridine rings is 1. The lowest BCUT2D eigenvalue weighted by Crippen LogP contribution is -2.41. The van der Waals surface area contributed by atoms with Gasteiger partial charge in [-0.3, -0.25) is 0 Å². The zero-order valence-corrected chi connectivity index (χ0v) is 22.5. The van der Waals surface area contributed by atoms with Crippen LogP contribution >= 0.6 is 19.5 Å². The van der Waals surface area contributed by atoms with Gasteiger partial charge in [0.25, 0.3) is 0 Å². The van der Waals surface area contributed by atoms with E-state index in [9.17, 15) is 0 Å². The van der Waals surface area contributed by atoms with Gasteiger partial charge in [0.15, 0.2) is 0 Å². The van der Waals surface area contributed by atoms with Crippen LogP contribution in [0.15, 0.2) is 60.8 Å². The molecule has 0 spiro atoms. The lowest BCUT2D eigenvalue weighted by molar-refractivity contribution is 0.249. The SMILES string of the molecule is CN(C)C1CCN(c2ccc(-c3cc4c(Nc5cccc(Cl)c5P(C)C)ccnc4[nH]3)cc2)CC1. The number of nitrogens with one attached hydrogen (secondary N) is 2. The molecular formula is C28H33ClN5P. The zero-order chi connectivity index (χ0) is 24.5. The zero-order valence-electron chi connectivity index (χ0n) is 20.8. The maximum atomic E-state index is 6.53. The highest BCUT2D eigenvalue weighted by Gasteiger charge is 2.21. The average Bonchev–Trinajstić information content (AvgIpc) is 3.29. The van der Waals surface area contributed by atoms with Gasteiger partial charge in [-0.2, -0.15) is 0 Å². The summed E-state index contributed by atoms with van der Waals surface area (Å²) in [5, 5.41) is 6.70. The van der Waals surface area contributed by atoms with Gasteiger partial charge in [0.05, 0.1) is 10.7 Å². The molecule has 1 saturated heterocycles. The summed E-state index contributed by atoms with van der Waals surface area (Å²) in [6, 6.07) is 19.9. The second kappa shape index (κ2) is 10.2. The monoisotopic (exact) mass is 505 g/mol. The third-order valence-electron chi connectivity index (χ3n) is 6.97. The van der Waals surface area contributed by atoms with Crippen molar-refractivity contribution in [3.8, 4) is 11.3 Å². The molecule has 5 rings (SSSR count). The minimum Gasteiger partial charge on any atom is -0.371 e. The molecule has 1 aliphatic heterocycles. The number of halogens is 1. The van der Waals surface area contributed by atoms with Crippen molar-refractivity contribution in [3.63, 3.8) is 0 Å². The molecule has 0 amide bonds. The summed E-state index contributed by atoms with van der Waals surface area (Å²) in [6.07, 6.45) is 4.27. The highest BCUT2D eigenvalue weighted by Crippen LogP contribution is 2.36. The van der Waals surface area contributed by atoms with Crippen LogP contribution in [0.4, 0.5) is 17.1 Å². The van der Waals surface area contributed by atoms with Crippen LogP contribution in [0.3, 0.4) is 0 Å². The Bertz CT molecular complexity index is 1310. The number of anilines is 3. The van der Waals surface area contributed by atoms with Gasteiger partial charge in [-0.05, 0) is 82.2 Å². The van der Waals surface area contributed by atoms with Crippen LogP contribution in [-0.4, -0.2) is 61.4 Å². The maximum Gasteiger partial charge on any atom is 0.139 e. The summed E-state index contributed by atoms with van der Waals surface area (Å²) in [5.74, 6) is 0. The number of rotatable bonds is 6. The second-order valence-corrected chi connectivity index (χ2v) is 12.3. The van der Waals surface area contributed by atoms with Crippen LogP contribution in [0.25, 0.3) is 22.3 Å². The Labute approximate surface area is 214 Å². The van der Waals surface area contributed by atoms with E-state index >= 15 is 0 Å². The molecule has 0 atom stereocenters. The molecule has 0 saturated carbocycles. The maximum absolute atomic E-state index is 6.53. The van der Waals surface area contributed by atoms with Crippen LogP contribution < -0.4 is 15.5 Å². The predicted octanol–water partition coefficient (Wildman–Crippen LogP) is 6.52. The molecule has 3 heterocycles. The van der Waals surface area contributed by atoms with E-state index in [-0.39, 0.29) is 7.92 Å². The molecule has 2 aromatic carbocycles. The number of fused-ring (bicyclic) bond motifs is 1. The van der Waals surface area contributed by atoms with Crippen LogP contribution in [0.1, 0.15) is 12.8 Å². The molecule has 2 aromatic heterocycles. The normalized spacial score (nSPS) is 14.9. The smallest absolute Gasteiger partial charge is 0.139 e. The van der Waals surface area contributed by atoms with Gasteiger partial charge < -0.3 is 20.1 Å². The second-order valence-electron chi connectivity index (χ2n) is 9.69. The van der Waals surface area contributed by atoms with Gasteiger partial charge in [0, 0.05) is 53.1 Å². The predicted molar refractivity (Wildman–Crippen MR) is 154 cm³/mol. The topological polar surface area (TPSA) is 47.2 Å². The summed E-state index contributed by atoms with van der Waals surface area (Å²) in [7, 11) is 4.02. The Morgan fingerprint density at radius 3 is 2.46 bits per heavy atom. The van der Waals surface area contributed by atoms with Crippen molar-refractivity contribution in [1.82, 2.24) is 14.9 Å². The van der Waals surface area contributed by atoms with Crippen LogP contribution in [0, 0.1) is 0 Å². The Kier molecular flexibility index (Phi) is 7.02. The van der Waals surface area contributed by atoms with E-state index in [0.29, 0.717) is 6.04 Å². The molecule has 35 heavy (non-hydrogen) atoms. The third kappa shape index (κ3) is 5.04. The number of H-pyrrole nitrogens is 1. The van der Waals surface area contributed by atoms with E-state index in [2.05, 4.69) is 88.9 Å². The number of benzene rings is 2. The fourth-order valence-corrected chi connectivity index (χ4v) is 6.80. The van der Waals surface area contributed by atoms with Gasteiger partial charge in [-0.1, -0.05) is 37.7 Å². The van der Waals surface area contributed by atoms with Crippen LogP contribution in [0.5, 0.6) is 0 Å². The molecule has 2 N–H and O–H groups in total. The average molecular weight is 506 g/mol. The summed E-state index contributed by atoms with van der Waals surface area (Å²) < 4.78 is 0. The first-order valence-corrected chi connectivity index (χ1v) is 14.7. The number of hydrogen-bond donors (Lipinski definition) is 2. The lowest BCUT2D eigenvalue weighted by Gasteiger charge is -2.36. The summed E-state index contributed by atoms with van der Waals surface area (Å²) in [5.41, 5.74) is 6.49. The number of piperidine rings is 1. The summed E-state index contributed by atoms with van der Waals surface area (Å²) in [6.45, 7) is 6.67. The van der Waals surface area contributed by atoms with Gasteiger partial charge in [0.1, 0.15) is 5.65 Å². The number of aromatic nitrogens is 2. The number of aromatic amines is 1. The molecule has 0 bridgehead atoms. The molecule has 5 nitrogen and oxygen atoms in total. The molecule has 1 fully saturated rings. The Hall–Kier alpha value is -2.59. The van der Waals surface area contributed by atoms with Crippen molar-refractivity contribution < 1.29 is 0 Å². The standard InChI is InChI=1S/C28H33ClN5P/c1-33(2)20-13-16-34(17-14-20)21-10-8-19(9-11-21)26-18-22-24(12-15-30-28(22)32-26)31-25-7-5-6-23(29)27(25)35(3)4/h5-12,15,18,20H,13-14,16-17H2,1-4H3,(H2,30,31,32). The van der Waals surface area contributed by atoms with E-state index in [1.165, 1.54) is 23.8 Å². The van der Waals surface area contributed by atoms with Crippen LogP contribution in [0.2, 0.25) is 5.02 Å². The number of hydrogen-bond acceptors (Lipinski definition) is 4. The fraction of sp³-hybridized carbons (Fsp3) is 0.321. The van der Waals surface area contributed by atoms with Gasteiger partial charge >= 0.3 is 0 Å². The molecule has 0 aliphatic carbocycles. The first kappa shape index (κ1) is 24.1. The van der Waals surface area contributed by atoms with E-state index in [1.54, 1.807) is 0 Å². The molecule has 1 aliphatic rings. The minimum absolute atomic E-state index is 0.347. The van der Waals surface area contributed by atoms with Crippen molar-refractivity contribution in [2.75, 3.05) is 50.7 Å². The van der Waals surface area contributed by atoms with Gasteiger partial charge in [-0.25, -0.2) is 4.98 Å². The van der Waals surface area contributed by atoms with Crippen molar-refractivity contribution in [2.24, 2.45) is 0 Å². The third-order valence-corrected chi connectivity index (χ3v) is 8.80. The van der Waals surface area contributed by atoms with Crippen molar-refractivity contribution in [1.29, 1.82) is 0 Å². The van der Waals surface area contributed by atoms with Crippen molar-refractivity contribution in [2.45, 2.75) is 18.9 Å². The molecule has 7 heteroatoms. The molecule has 4 aromatic rings. The minimum atomic E-state index is -0.347. The van der Waals surface area contributed by atoms with Crippen molar-refractivity contribution >= 4 is 52.9 Å². The highest BCUT2D eigenvalue weighted by atomic mass is 35.5. The first-order valence-electron chi connectivity index (χ1n) is 12.1. The first-order chi connectivity index (χ1) is 16.9. The van der Waals surface area contributed by atoms with Gasteiger partial charge in [-0.15, -0.1) is 0 Å². The molecule has 0 radical (unpaired) electrons. The van der Waals surface area contributed by atoms with E-state index in [1.807, 2.05) is 24.4 Å². The van der Waals surface area contributed by atoms with Crippen molar-refractivity contribution in [3.05, 3.63) is 65.8 Å². The van der Waals surface area contributed by atoms with E-state index < -0.39 is 0 Å². The molecule has 182 valence electrons.